The van der Waals surface area contributed by atoms with Crippen LogP contribution in [0, 0.1) is 5.92 Å². The van der Waals surface area contributed by atoms with Gasteiger partial charge in [-0.25, -0.2) is 0 Å². The molecule has 1 aromatic carbocycles. The van der Waals surface area contributed by atoms with E-state index in [4.69, 9.17) is 0 Å². The molecule has 1 amide bonds. The molecule has 2 aliphatic rings. The van der Waals surface area contributed by atoms with Gasteiger partial charge in [0.25, 0.3) is 5.91 Å². The molecule has 1 fully saturated rings. The fourth-order valence-electron chi connectivity index (χ4n) is 4.50. The zero-order valence-corrected chi connectivity index (χ0v) is 15.2. The first-order valence-corrected chi connectivity index (χ1v) is 9.59. The molecule has 0 radical (unpaired) electrons. The third kappa shape index (κ3) is 2.30. The minimum Gasteiger partial charge on any atom is -0.356 e. The number of carbonyl (C=O) groups excluding carboxylic acids is 1. The molecule has 0 bridgehead atoms. The third-order valence-corrected chi connectivity index (χ3v) is 5.86. The van der Waals surface area contributed by atoms with Crippen LogP contribution in [0.4, 0.5) is 0 Å². The fourth-order valence-corrected chi connectivity index (χ4v) is 4.50. The summed E-state index contributed by atoms with van der Waals surface area (Å²) in [6.45, 7) is 5.15. The van der Waals surface area contributed by atoms with Gasteiger partial charge in [-0.1, -0.05) is 32.0 Å². The van der Waals surface area contributed by atoms with Gasteiger partial charge in [0.2, 0.25) is 0 Å². The number of aromatic amines is 2. The maximum atomic E-state index is 13.4. The predicted molar refractivity (Wildman–Crippen MR) is 101 cm³/mol. The van der Waals surface area contributed by atoms with Crippen LogP contribution in [0.15, 0.2) is 30.5 Å². The first-order valence-electron chi connectivity index (χ1n) is 9.59. The molecule has 1 unspecified atom stereocenters. The lowest BCUT2D eigenvalue weighted by molar-refractivity contribution is 0.0597. The maximum Gasteiger partial charge on any atom is 0.257 e. The molecule has 0 spiro atoms. The molecule has 5 nitrogen and oxygen atoms in total. The molecule has 3 heterocycles. The van der Waals surface area contributed by atoms with Crippen molar-refractivity contribution in [3.8, 4) is 0 Å². The molecule has 1 aliphatic carbocycles. The van der Waals surface area contributed by atoms with Gasteiger partial charge < -0.3 is 9.88 Å². The summed E-state index contributed by atoms with van der Waals surface area (Å²) < 4.78 is 0. The monoisotopic (exact) mass is 348 g/mol. The highest BCUT2D eigenvalue weighted by Gasteiger charge is 2.38. The highest BCUT2D eigenvalue weighted by atomic mass is 16.2. The number of hydrogen-bond acceptors (Lipinski definition) is 2. The van der Waals surface area contributed by atoms with E-state index >= 15 is 0 Å². The SMILES string of the molecule is CC(C)C1c2[nH]c3ccccc3c2CCN1C(=O)c1cn[nH]c1C1CC1. The summed E-state index contributed by atoms with van der Waals surface area (Å²) in [4.78, 5) is 19.1. The van der Waals surface area contributed by atoms with Gasteiger partial charge in [-0.2, -0.15) is 5.10 Å². The number of carbonyl (C=O) groups is 1. The van der Waals surface area contributed by atoms with Gasteiger partial charge >= 0.3 is 0 Å². The van der Waals surface area contributed by atoms with Crippen molar-refractivity contribution < 1.29 is 4.79 Å². The molecule has 1 atom stereocenters. The number of fused-ring (bicyclic) bond motifs is 3. The summed E-state index contributed by atoms with van der Waals surface area (Å²) in [5.74, 6) is 0.938. The number of H-pyrrole nitrogens is 2. The summed E-state index contributed by atoms with van der Waals surface area (Å²) in [7, 11) is 0. The second-order valence-corrected chi connectivity index (χ2v) is 7.97. The van der Waals surface area contributed by atoms with Crippen LogP contribution >= 0.6 is 0 Å². The molecule has 134 valence electrons. The number of amides is 1. The predicted octanol–water partition coefficient (Wildman–Crippen LogP) is 4.16. The first-order chi connectivity index (χ1) is 12.6. The van der Waals surface area contributed by atoms with Crippen molar-refractivity contribution in [2.24, 2.45) is 5.92 Å². The van der Waals surface area contributed by atoms with Crippen LogP contribution in [-0.2, 0) is 6.42 Å². The molecule has 1 saturated carbocycles. The van der Waals surface area contributed by atoms with E-state index in [0.29, 0.717) is 11.8 Å². The lowest BCUT2D eigenvalue weighted by atomic mass is 9.89. The normalized spacial score (nSPS) is 20.0. The van der Waals surface area contributed by atoms with E-state index in [1.807, 2.05) is 0 Å². The number of nitrogens with zero attached hydrogens (tertiary/aromatic N) is 2. The van der Waals surface area contributed by atoms with E-state index < -0.39 is 0 Å². The standard InChI is InChI=1S/C21H24N4O/c1-12(2)20-19-15(14-5-3-4-6-17(14)23-19)9-10-25(20)21(26)16-11-22-24-18(16)13-7-8-13/h3-6,11-13,20,23H,7-10H2,1-2H3,(H,22,24). The van der Waals surface area contributed by atoms with Crippen LogP contribution in [0.2, 0.25) is 0 Å². The zero-order valence-electron chi connectivity index (χ0n) is 15.2. The molecular formula is C21H24N4O. The Balaban J connectivity index is 1.57. The Morgan fingerprint density at radius 3 is 2.81 bits per heavy atom. The summed E-state index contributed by atoms with van der Waals surface area (Å²) in [5.41, 5.74) is 5.53. The van der Waals surface area contributed by atoms with Crippen molar-refractivity contribution in [2.45, 2.75) is 45.1 Å². The molecule has 2 aromatic heterocycles. The quantitative estimate of drug-likeness (QED) is 0.746. The summed E-state index contributed by atoms with van der Waals surface area (Å²) in [6, 6.07) is 8.52. The molecule has 1 aliphatic heterocycles. The number of para-hydroxylation sites is 1. The minimum absolute atomic E-state index is 0.0700. The van der Waals surface area contributed by atoms with Crippen LogP contribution in [0.25, 0.3) is 10.9 Å². The van der Waals surface area contributed by atoms with Crippen molar-refractivity contribution in [1.29, 1.82) is 0 Å². The van der Waals surface area contributed by atoms with Gasteiger partial charge in [-0.05, 0) is 36.8 Å². The average Bonchev–Trinajstić information content (AvgIpc) is 3.25. The second-order valence-electron chi connectivity index (χ2n) is 7.97. The minimum atomic E-state index is 0.0700. The Bertz CT molecular complexity index is 979. The third-order valence-electron chi connectivity index (χ3n) is 5.86. The fraction of sp³-hybridized carbons (Fsp3) is 0.429. The molecule has 5 heteroatoms. The Morgan fingerprint density at radius 2 is 2.04 bits per heavy atom. The van der Waals surface area contributed by atoms with Crippen molar-refractivity contribution in [2.75, 3.05) is 6.54 Å². The Morgan fingerprint density at radius 1 is 1.23 bits per heavy atom. The van der Waals surface area contributed by atoms with Crippen molar-refractivity contribution in [3.63, 3.8) is 0 Å². The Labute approximate surface area is 152 Å². The van der Waals surface area contributed by atoms with E-state index in [1.165, 1.54) is 22.2 Å². The van der Waals surface area contributed by atoms with Gasteiger partial charge in [0.05, 0.1) is 23.5 Å². The van der Waals surface area contributed by atoms with Gasteiger partial charge in [0.1, 0.15) is 0 Å². The lowest BCUT2D eigenvalue weighted by Crippen LogP contribution is -2.42. The van der Waals surface area contributed by atoms with Gasteiger partial charge in [0, 0.05) is 29.1 Å². The number of benzene rings is 1. The number of rotatable bonds is 3. The van der Waals surface area contributed by atoms with Crippen LogP contribution < -0.4 is 0 Å². The lowest BCUT2D eigenvalue weighted by Gasteiger charge is -2.38. The van der Waals surface area contributed by atoms with Gasteiger partial charge in [0.15, 0.2) is 0 Å². The van der Waals surface area contributed by atoms with Crippen molar-refractivity contribution >= 4 is 16.8 Å². The second kappa shape index (κ2) is 5.73. The maximum absolute atomic E-state index is 13.4. The molecule has 2 N–H and O–H groups in total. The summed E-state index contributed by atoms with van der Waals surface area (Å²) >= 11 is 0. The average molecular weight is 348 g/mol. The molecule has 5 rings (SSSR count). The van der Waals surface area contributed by atoms with Crippen LogP contribution in [-0.4, -0.2) is 32.5 Å². The number of aromatic nitrogens is 3. The largest absolute Gasteiger partial charge is 0.356 e. The smallest absolute Gasteiger partial charge is 0.257 e. The Hall–Kier alpha value is -2.56. The van der Waals surface area contributed by atoms with Crippen molar-refractivity contribution in [1.82, 2.24) is 20.1 Å². The van der Waals surface area contributed by atoms with E-state index in [2.05, 4.69) is 58.2 Å². The van der Waals surface area contributed by atoms with Crippen LogP contribution in [0.1, 0.15) is 66.0 Å². The summed E-state index contributed by atoms with van der Waals surface area (Å²) in [6.07, 6.45) is 4.92. The number of hydrogen-bond donors (Lipinski definition) is 2. The van der Waals surface area contributed by atoms with Crippen LogP contribution in [0.5, 0.6) is 0 Å². The van der Waals surface area contributed by atoms with E-state index in [0.717, 1.165) is 37.1 Å². The molecule has 3 aromatic rings. The summed E-state index contributed by atoms with van der Waals surface area (Å²) in [5, 5.41) is 8.53. The van der Waals surface area contributed by atoms with Gasteiger partial charge in [-0.3, -0.25) is 9.89 Å². The van der Waals surface area contributed by atoms with E-state index in [1.54, 1.807) is 6.20 Å². The highest BCUT2D eigenvalue weighted by molar-refractivity contribution is 5.96. The Kier molecular flexibility index (Phi) is 3.45. The van der Waals surface area contributed by atoms with E-state index in [9.17, 15) is 4.79 Å². The zero-order chi connectivity index (χ0) is 17.8. The van der Waals surface area contributed by atoms with E-state index in [-0.39, 0.29) is 11.9 Å². The number of nitrogens with one attached hydrogen (secondary N) is 2. The van der Waals surface area contributed by atoms with Crippen molar-refractivity contribution in [3.05, 3.63) is 53.0 Å². The first kappa shape index (κ1) is 15.7. The molecule has 26 heavy (non-hydrogen) atoms. The van der Waals surface area contributed by atoms with Crippen LogP contribution in [0.3, 0.4) is 0 Å². The molecular weight excluding hydrogens is 324 g/mol. The topological polar surface area (TPSA) is 64.8 Å². The van der Waals surface area contributed by atoms with Gasteiger partial charge in [-0.15, -0.1) is 0 Å². The molecule has 0 saturated heterocycles. The highest BCUT2D eigenvalue weighted by Crippen LogP contribution is 2.43.